The zero-order valence-corrected chi connectivity index (χ0v) is 16.7. The average Bonchev–Trinajstić information content (AvgIpc) is 3.16. The molecule has 158 valence electrons. The van der Waals surface area contributed by atoms with Gasteiger partial charge in [-0.05, 0) is 28.0 Å². The Morgan fingerprint density at radius 1 is 1.03 bits per heavy atom. The lowest BCUT2D eigenvalue weighted by molar-refractivity contribution is -0.144. The Bertz CT molecular complexity index is 895. The molecule has 0 spiro atoms. The van der Waals surface area contributed by atoms with Crippen molar-refractivity contribution in [3.05, 3.63) is 71.8 Å². The molecule has 0 atom stereocenters. The van der Waals surface area contributed by atoms with E-state index < -0.39 is 12.7 Å². The number of benzene rings is 2. The zero-order chi connectivity index (χ0) is 21.4. The van der Waals surface area contributed by atoms with Gasteiger partial charge < -0.3 is 5.32 Å². The van der Waals surface area contributed by atoms with Crippen molar-refractivity contribution in [3.63, 3.8) is 0 Å². The second kappa shape index (κ2) is 10.2. The molecule has 2 aromatic carbocycles. The summed E-state index contributed by atoms with van der Waals surface area (Å²) in [6, 6.07) is 20.0. The molecular formula is C20H20F3N5OS. The van der Waals surface area contributed by atoms with Gasteiger partial charge in [-0.25, -0.2) is 4.68 Å². The summed E-state index contributed by atoms with van der Waals surface area (Å²) >= 11 is 0.869. The van der Waals surface area contributed by atoms with E-state index in [0.29, 0.717) is 17.6 Å². The minimum atomic E-state index is -4.43. The van der Waals surface area contributed by atoms with Crippen LogP contribution in [0.2, 0.25) is 0 Å². The highest BCUT2D eigenvalue weighted by molar-refractivity contribution is 7.99. The van der Waals surface area contributed by atoms with Crippen molar-refractivity contribution in [1.82, 2.24) is 25.5 Å². The largest absolute Gasteiger partial charge is 0.408 e. The second-order valence-corrected chi connectivity index (χ2v) is 7.48. The summed E-state index contributed by atoms with van der Waals surface area (Å²) in [6.07, 6.45) is -3.74. The number of tetrazole rings is 1. The molecule has 30 heavy (non-hydrogen) atoms. The minimum absolute atomic E-state index is 0.0473. The number of carbonyl (C=O) groups excluding carboxylic acids is 1. The molecule has 0 bridgehead atoms. The Kier molecular flexibility index (Phi) is 7.45. The minimum Gasteiger partial charge on any atom is -0.355 e. The normalized spacial score (nSPS) is 11.6. The van der Waals surface area contributed by atoms with E-state index in [2.05, 4.69) is 45.1 Å². The number of hydrogen-bond acceptors (Lipinski definition) is 5. The molecule has 0 saturated heterocycles. The van der Waals surface area contributed by atoms with Crippen molar-refractivity contribution in [3.8, 4) is 0 Å². The van der Waals surface area contributed by atoms with Gasteiger partial charge >= 0.3 is 6.18 Å². The van der Waals surface area contributed by atoms with Crippen LogP contribution in [-0.2, 0) is 11.3 Å². The third-order valence-corrected chi connectivity index (χ3v) is 5.28. The number of hydrogen-bond donors (Lipinski definition) is 1. The Balaban J connectivity index is 1.52. The maximum Gasteiger partial charge on any atom is 0.408 e. The molecular weight excluding hydrogens is 415 g/mol. The molecule has 3 aromatic rings. The number of rotatable bonds is 9. The smallest absolute Gasteiger partial charge is 0.355 e. The molecule has 0 fully saturated rings. The number of halogens is 3. The summed E-state index contributed by atoms with van der Waals surface area (Å²) in [4.78, 5) is 12.2. The molecule has 1 aromatic heterocycles. The van der Waals surface area contributed by atoms with Gasteiger partial charge in [0.15, 0.2) is 0 Å². The summed E-state index contributed by atoms with van der Waals surface area (Å²) in [7, 11) is 0. The lowest BCUT2D eigenvalue weighted by Crippen LogP contribution is -2.27. The molecule has 0 aliphatic heterocycles. The van der Waals surface area contributed by atoms with Crippen LogP contribution in [0.4, 0.5) is 13.2 Å². The van der Waals surface area contributed by atoms with E-state index in [-0.39, 0.29) is 22.7 Å². The van der Waals surface area contributed by atoms with Crippen LogP contribution in [0, 0.1) is 0 Å². The van der Waals surface area contributed by atoms with E-state index in [9.17, 15) is 18.0 Å². The van der Waals surface area contributed by atoms with E-state index in [0.717, 1.165) is 22.9 Å². The van der Waals surface area contributed by atoms with Gasteiger partial charge in [-0.15, -0.1) is 5.10 Å². The van der Waals surface area contributed by atoms with Crippen LogP contribution in [0.3, 0.4) is 0 Å². The molecule has 0 unspecified atom stereocenters. The first-order chi connectivity index (χ1) is 14.4. The fourth-order valence-corrected chi connectivity index (χ4v) is 3.71. The number of nitrogens with zero attached hydrogens (tertiary/aromatic N) is 4. The van der Waals surface area contributed by atoms with Gasteiger partial charge in [0, 0.05) is 12.5 Å². The van der Waals surface area contributed by atoms with Crippen LogP contribution in [0.5, 0.6) is 0 Å². The third-order valence-electron chi connectivity index (χ3n) is 4.32. The first kappa shape index (κ1) is 21.8. The predicted octanol–water partition coefficient (Wildman–Crippen LogP) is 3.67. The van der Waals surface area contributed by atoms with Crippen LogP contribution >= 0.6 is 11.8 Å². The summed E-state index contributed by atoms with van der Waals surface area (Å²) < 4.78 is 38.2. The van der Waals surface area contributed by atoms with Crippen molar-refractivity contribution in [1.29, 1.82) is 0 Å². The summed E-state index contributed by atoms with van der Waals surface area (Å²) in [5.74, 6) is -0.236. The molecule has 0 saturated carbocycles. The topological polar surface area (TPSA) is 72.7 Å². The second-order valence-electron chi connectivity index (χ2n) is 6.54. The van der Waals surface area contributed by atoms with E-state index in [1.807, 2.05) is 36.4 Å². The molecule has 6 nitrogen and oxygen atoms in total. The van der Waals surface area contributed by atoms with Crippen LogP contribution < -0.4 is 5.32 Å². The fourth-order valence-electron chi connectivity index (χ4n) is 3.00. The van der Waals surface area contributed by atoms with Gasteiger partial charge in [0.05, 0.1) is 5.75 Å². The SMILES string of the molecule is O=C(CSc1nnnn1CC(F)(F)F)NCCC(c1ccccc1)c1ccccc1. The highest BCUT2D eigenvalue weighted by Gasteiger charge is 2.30. The van der Waals surface area contributed by atoms with Crippen LogP contribution in [0.25, 0.3) is 0 Å². The first-order valence-electron chi connectivity index (χ1n) is 9.24. The molecule has 1 amide bonds. The zero-order valence-electron chi connectivity index (χ0n) is 15.9. The fraction of sp³-hybridized carbons (Fsp3) is 0.300. The van der Waals surface area contributed by atoms with Crippen molar-refractivity contribution >= 4 is 17.7 Å². The Morgan fingerprint density at radius 2 is 1.63 bits per heavy atom. The van der Waals surface area contributed by atoms with E-state index in [1.165, 1.54) is 0 Å². The Labute approximate surface area is 175 Å². The van der Waals surface area contributed by atoms with Gasteiger partial charge in [0.1, 0.15) is 6.54 Å². The van der Waals surface area contributed by atoms with Gasteiger partial charge in [-0.1, -0.05) is 72.4 Å². The lowest BCUT2D eigenvalue weighted by atomic mass is 9.88. The highest BCUT2D eigenvalue weighted by atomic mass is 32.2. The maximum atomic E-state index is 12.5. The third kappa shape index (κ3) is 6.58. The number of amides is 1. The standard InChI is InChI=1S/C20H20F3N5OS/c21-20(22,23)14-28-19(25-26-27-28)30-13-18(29)24-12-11-17(15-7-3-1-4-8-15)16-9-5-2-6-10-16/h1-10,17H,11-14H2,(H,24,29). The van der Waals surface area contributed by atoms with Crippen LogP contribution in [0.15, 0.2) is 65.8 Å². The summed E-state index contributed by atoms with van der Waals surface area (Å²) in [6.45, 7) is -0.860. The lowest BCUT2D eigenvalue weighted by Gasteiger charge is -2.18. The van der Waals surface area contributed by atoms with Crippen molar-refractivity contribution in [2.45, 2.75) is 30.2 Å². The number of nitrogens with one attached hydrogen (secondary N) is 1. The van der Waals surface area contributed by atoms with E-state index >= 15 is 0 Å². The maximum absolute atomic E-state index is 12.5. The van der Waals surface area contributed by atoms with Crippen LogP contribution in [0.1, 0.15) is 23.5 Å². The molecule has 3 rings (SSSR count). The quantitative estimate of drug-likeness (QED) is 0.520. The first-order valence-corrected chi connectivity index (χ1v) is 10.2. The molecule has 1 heterocycles. The highest BCUT2D eigenvalue weighted by Crippen LogP contribution is 2.27. The molecule has 0 radical (unpaired) electrons. The molecule has 0 aliphatic rings. The Hall–Kier alpha value is -2.88. The Morgan fingerprint density at radius 3 is 2.20 bits per heavy atom. The van der Waals surface area contributed by atoms with Gasteiger partial charge in [0.2, 0.25) is 11.1 Å². The van der Waals surface area contributed by atoms with E-state index in [4.69, 9.17) is 0 Å². The monoisotopic (exact) mass is 435 g/mol. The van der Waals surface area contributed by atoms with Crippen LogP contribution in [-0.4, -0.2) is 44.6 Å². The molecule has 10 heteroatoms. The molecule has 0 aliphatic carbocycles. The summed E-state index contributed by atoms with van der Waals surface area (Å²) in [5, 5.41) is 12.9. The number of aromatic nitrogens is 4. The predicted molar refractivity (Wildman–Crippen MR) is 107 cm³/mol. The van der Waals surface area contributed by atoms with Gasteiger partial charge in [-0.2, -0.15) is 13.2 Å². The van der Waals surface area contributed by atoms with Crippen molar-refractivity contribution in [2.75, 3.05) is 12.3 Å². The number of carbonyl (C=O) groups is 1. The number of thioether (sulfide) groups is 1. The van der Waals surface area contributed by atoms with E-state index in [1.54, 1.807) is 0 Å². The van der Waals surface area contributed by atoms with Crippen molar-refractivity contribution < 1.29 is 18.0 Å². The summed E-state index contributed by atoms with van der Waals surface area (Å²) in [5.41, 5.74) is 2.30. The number of alkyl halides is 3. The molecule has 1 N–H and O–H groups in total. The average molecular weight is 435 g/mol. The van der Waals surface area contributed by atoms with Crippen molar-refractivity contribution in [2.24, 2.45) is 0 Å². The van der Waals surface area contributed by atoms with Gasteiger partial charge in [0.25, 0.3) is 0 Å². The van der Waals surface area contributed by atoms with Gasteiger partial charge in [-0.3, -0.25) is 4.79 Å².